The maximum atomic E-state index is 10.6. The van der Waals surface area contributed by atoms with E-state index in [-0.39, 0.29) is 11.5 Å². The standard InChI is InChI=1S/C7H12O4/c1-5(2)3-6(4-8)7(9)11-10/h4-5,8,10H,3H2,1-2H3. The lowest BCUT2D eigenvalue weighted by Crippen LogP contribution is -2.07. The summed E-state index contributed by atoms with van der Waals surface area (Å²) in [5.74, 6) is -0.673. The molecule has 0 saturated carbocycles. The minimum atomic E-state index is -0.902. The average Bonchev–Trinajstić information content (AvgIpc) is 1.98. The summed E-state index contributed by atoms with van der Waals surface area (Å²) < 4.78 is 0. The Bertz CT molecular complexity index is 160. The zero-order chi connectivity index (χ0) is 8.85. The van der Waals surface area contributed by atoms with Crippen LogP contribution in [0.1, 0.15) is 20.3 Å². The van der Waals surface area contributed by atoms with Crippen LogP contribution in [0.3, 0.4) is 0 Å². The second-order valence-corrected chi connectivity index (χ2v) is 2.63. The molecular formula is C7H12O4. The molecule has 0 aromatic heterocycles. The second-order valence-electron chi connectivity index (χ2n) is 2.63. The van der Waals surface area contributed by atoms with Crippen molar-refractivity contribution in [1.82, 2.24) is 0 Å². The molecule has 0 aliphatic rings. The largest absolute Gasteiger partial charge is 0.515 e. The molecule has 0 atom stereocenters. The molecule has 0 radical (unpaired) electrons. The van der Waals surface area contributed by atoms with Gasteiger partial charge in [-0.2, -0.15) is 5.26 Å². The van der Waals surface area contributed by atoms with Gasteiger partial charge in [-0.1, -0.05) is 13.8 Å². The van der Waals surface area contributed by atoms with Crippen LogP contribution in [0.15, 0.2) is 11.8 Å². The molecule has 64 valence electrons. The van der Waals surface area contributed by atoms with E-state index in [0.29, 0.717) is 12.7 Å². The van der Waals surface area contributed by atoms with Crippen LogP contribution in [0, 0.1) is 5.92 Å². The zero-order valence-corrected chi connectivity index (χ0v) is 6.57. The first kappa shape index (κ1) is 9.97. The summed E-state index contributed by atoms with van der Waals surface area (Å²) in [4.78, 5) is 14.0. The van der Waals surface area contributed by atoms with Crippen LogP contribution in [-0.2, 0) is 9.68 Å². The van der Waals surface area contributed by atoms with Gasteiger partial charge in [-0.15, -0.1) is 0 Å². The fourth-order valence-electron chi connectivity index (χ4n) is 0.687. The van der Waals surface area contributed by atoms with E-state index in [1.165, 1.54) is 0 Å². The Morgan fingerprint density at radius 2 is 2.18 bits per heavy atom. The summed E-state index contributed by atoms with van der Waals surface area (Å²) >= 11 is 0. The van der Waals surface area contributed by atoms with Crippen molar-refractivity contribution >= 4 is 5.97 Å². The fourth-order valence-corrected chi connectivity index (χ4v) is 0.687. The van der Waals surface area contributed by atoms with Gasteiger partial charge in [0.2, 0.25) is 0 Å². The molecule has 0 aliphatic carbocycles. The highest BCUT2D eigenvalue weighted by Crippen LogP contribution is 2.10. The molecule has 4 heteroatoms. The van der Waals surface area contributed by atoms with Gasteiger partial charge >= 0.3 is 5.97 Å². The molecule has 4 nitrogen and oxygen atoms in total. The van der Waals surface area contributed by atoms with Crippen molar-refractivity contribution in [1.29, 1.82) is 0 Å². The quantitative estimate of drug-likeness (QED) is 0.284. The van der Waals surface area contributed by atoms with Crippen LogP contribution < -0.4 is 0 Å². The highest BCUT2D eigenvalue weighted by Gasteiger charge is 2.12. The van der Waals surface area contributed by atoms with E-state index in [1.807, 2.05) is 13.8 Å². The molecule has 0 spiro atoms. The third kappa shape index (κ3) is 3.62. The predicted molar refractivity (Wildman–Crippen MR) is 38.9 cm³/mol. The van der Waals surface area contributed by atoms with Gasteiger partial charge in [-0.05, 0) is 12.3 Å². The Hall–Kier alpha value is -1.03. The van der Waals surface area contributed by atoms with Crippen molar-refractivity contribution in [3.63, 3.8) is 0 Å². The molecule has 0 rings (SSSR count). The molecule has 0 aromatic rings. The monoisotopic (exact) mass is 160 g/mol. The van der Waals surface area contributed by atoms with Crippen molar-refractivity contribution in [2.75, 3.05) is 0 Å². The lowest BCUT2D eigenvalue weighted by Gasteiger charge is -2.04. The van der Waals surface area contributed by atoms with E-state index in [0.717, 1.165) is 0 Å². The van der Waals surface area contributed by atoms with E-state index in [9.17, 15) is 4.79 Å². The average molecular weight is 160 g/mol. The molecule has 0 unspecified atom stereocenters. The van der Waals surface area contributed by atoms with E-state index in [1.54, 1.807) is 0 Å². The molecule has 0 amide bonds. The first-order chi connectivity index (χ1) is 5.11. The maximum absolute atomic E-state index is 10.6. The number of hydrogen-bond acceptors (Lipinski definition) is 4. The van der Waals surface area contributed by atoms with Gasteiger partial charge in [-0.25, -0.2) is 4.79 Å². The van der Waals surface area contributed by atoms with E-state index in [2.05, 4.69) is 4.89 Å². The number of aliphatic hydroxyl groups is 1. The zero-order valence-electron chi connectivity index (χ0n) is 6.57. The van der Waals surface area contributed by atoms with Crippen LogP contribution in [-0.4, -0.2) is 16.3 Å². The highest BCUT2D eigenvalue weighted by molar-refractivity contribution is 5.87. The number of aliphatic hydroxyl groups excluding tert-OH is 1. The molecule has 0 bridgehead atoms. The second kappa shape index (κ2) is 4.73. The third-order valence-corrected chi connectivity index (χ3v) is 1.13. The van der Waals surface area contributed by atoms with Crippen LogP contribution in [0.4, 0.5) is 0 Å². The molecular weight excluding hydrogens is 148 g/mol. The number of rotatable bonds is 3. The van der Waals surface area contributed by atoms with Crippen LogP contribution >= 0.6 is 0 Å². The number of carbonyl (C=O) groups is 1. The smallest absolute Gasteiger partial charge is 0.371 e. The molecule has 0 aromatic carbocycles. The minimum absolute atomic E-state index is 0.0718. The van der Waals surface area contributed by atoms with Gasteiger partial charge < -0.3 is 5.11 Å². The molecule has 0 fully saturated rings. The van der Waals surface area contributed by atoms with Crippen molar-refractivity contribution in [2.24, 2.45) is 5.92 Å². The Labute approximate surface area is 65.0 Å². The van der Waals surface area contributed by atoms with Crippen LogP contribution in [0.25, 0.3) is 0 Å². The summed E-state index contributed by atoms with van der Waals surface area (Å²) in [6.45, 7) is 3.77. The van der Waals surface area contributed by atoms with Gasteiger partial charge in [-0.3, -0.25) is 4.89 Å². The van der Waals surface area contributed by atoms with Gasteiger partial charge in [0.05, 0.1) is 11.8 Å². The van der Waals surface area contributed by atoms with Crippen molar-refractivity contribution in [3.8, 4) is 0 Å². The number of carbonyl (C=O) groups excluding carboxylic acids is 1. The van der Waals surface area contributed by atoms with Gasteiger partial charge in [0, 0.05) is 0 Å². The SMILES string of the molecule is CC(C)CC(=CO)C(=O)OO. The summed E-state index contributed by atoms with van der Waals surface area (Å²) in [5, 5.41) is 16.5. The van der Waals surface area contributed by atoms with Gasteiger partial charge in [0.15, 0.2) is 0 Å². The minimum Gasteiger partial charge on any atom is -0.515 e. The van der Waals surface area contributed by atoms with Crippen LogP contribution in [0.5, 0.6) is 0 Å². The summed E-state index contributed by atoms with van der Waals surface area (Å²) in [6, 6.07) is 0. The number of hydrogen-bond donors (Lipinski definition) is 2. The van der Waals surface area contributed by atoms with E-state index in [4.69, 9.17) is 10.4 Å². The Morgan fingerprint density at radius 3 is 2.45 bits per heavy atom. The summed E-state index contributed by atoms with van der Waals surface area (Å²) in [7, 11) is 0. The maximum Gasteiger partial charge on any atom is 0.371 e. The molecule has 0 saturated heterocycles. The molecule has 2 N–H and O–H groups in total. The van der Waals surface area contributed by atoms with Crippen molar-refractivity contribution in [2.45, 2.75) is 20.3 Å². The van der Waals surface area contributed by atoms with Crippen molar-refractivity contribution in [3.05, 3.63) is 11.8 Å². The lowest BCUT2D eigenvalue weighted by atomic mass is 10.0. The first-order valence-electron chi connectivity index (χ1n) is 3.30. The van der Waals surface area contributed by atoms with Crippen LogP contribution in [0.2, 0.25) is 0 Å². The summed E-state index contributed by atoms with van der Waals surface area (Å²) in [6.07, 6.45) is 1.04. The Morgan fingerprint density at radius 1 is 1.64 bits per heavy atom. The Kier molecular flexibility index (Phi) is 4.29. The van der Waals surface area contributed by atoms with Gasteiger partial charge in [0.25, 0.3) is 0 Å². The molecule has 0 heterocycles. The normalized spacial score (nSPS) is 11.8. The molecule has 0 aliphatic heterocycles. The summed E-state index contributed by atoms with van der Waals surface area (Å²) in [5.41, 5.74) is 0.0718. The third-order valence-electron chi connectivity index (χ3n) is 1.13. The lowest BCUT2D eigenvalue weighted by molar-refractivity contribution is -0.229. The van der Waals surface area contributed by atoms with Crippen molar-refractivity contribution < 1.29 is 20.0 Å². The van der Waals surface area contributed by atoms with E-state index >= 15 is 0 Å². The Balaban J connectivity index is 4.09. The van der Waals surface area contributed by atoms with Gasteiger partial charge in [0.1, 0.15) is 0 Å². The molecule has 11 heavy (non-hydrogen) atoms. The predicted octanol–water partition coefficient (Wildman–Crippen LogP) is 1.49. The first-order valence-corrected chi connectivity index (χ1v) is 3.30. The fraction of sp³-hybridized carbons (Fsp3) is 0.571. The highest BCUT2D eigenvalue weighted by atomic mass is 17.1. The van der Waals surface area contributed by atoms with E-state index < -0.39 is 5.97 Å². The topological polar surface area (TPSA) is 66.8 Å².